The van der Waals surface area contributed by atoms with Crippen LogP contribution in [-0.2, 0) is 4.74 Å². The second-order valence-electron chi connectivity index (χ2n) is 5.69. The zero-order valence-corrected chi connectivity index (χ0v) is 11.8. The molecule has 0 bridgehead atoms. The number of H-pyrrole nitrogens is 1. The maximum atomic E-state index is 11.5. The van der Waals surface area contributed by atoms with E-state index in [1.54, 1.807) is 13.0 Å². The molecule has 1 aliphatic heterocycles. The first-order chi connectivity index (χ1) is 9.57. The van der Waals surface area contributed by atoms with Crippen molar-refractivity contribution in [2.75, 3.05) is 25.1 Å². The molecule has 7 heteroatoms. The smallest absolute Gasteiger partial charge is 0.349 e. The van der Waals surface area contributed by atoms with E-state index in [0.29, 0.717) is 11.5 Å². The number of rotatable bonds is 3. The molecule has 0 aliphatic carbocycles. The van der Waals surface area contributed by atoms with Crippen molar-refractivity contribution in [2.45, 2.75) is 26.7 Å². The molecule has 0 unspecified atom stereocenters. The summed E-state index contributed by atoms with van der Waals surface area (Å²) < 4.78 is 6.86. The lowest BCUT2D eigenvalue weighted by Crippen LogP contribution is -2.33. The van der Waals surface area contributed by atoms with E-state index < -0.39 is 0 Å². The molecule has 2 aromatic rings. The minimum Gasteiger partial charge on any atom is -0.381 e. The fraction of sp³-hybridized carbons (Fsp3) is 0.615. The average molecular weight is 277 g/mol. The fourth-order valence-corrected chi connectivity index (χ4v) is 2.53. The van der Waals surface area contributed by atoms with Gasteiger partial charge in [0.2, 0.25) is 0 Å². The Hall–Kier alpha value is -1.89. The molecule has 108 valence electrons. The molecular formula is C13H19N5O2. The van der Waals surface area contributed by atoms with Gasteiger partial charge in [-0.25, -0.2) is 19.3 Å². The third-order valence-corrected chi connectivity index (χ3v) is 3.97. The van der Waals surface area contributed by atoms with Gasteiger partial charge in [-0.05, 0) is 25.2 Å². The van der Waals surface area contributed by atoms with Gasteiger partial charge in [0.1, 0.15) is 11.6 Å². The van der Waals surface area contributed by atoms with Crippen molar-refractivity contribution in [3.8, 4) is 0 Å². The molecule has 0 spiro atoms. The Bertz CT molecular complexity index is 669. The zero-order chi connectivity index (χ0) is 14.2. The van der Waals surface area contributed by atoms with Gasteiger partial charge in [0, 0.05) is 25.8 Å². The quantitative estimate of drug-likeness (QED) is 0.872. The number of hydrogen-bond acceptors (Lipinski definition) is 5. The standard InChI is InChI=1S/C13H19N5O2/c1-9-15-10(7-11-16-17-12(19)18(9)11)14-8-13(2)3-5-20-6-4-13/h7,14H,3-6,8H2,1-2H3,(H,17,19). The molecular weight excluding hydrogens is 258 g/mol. The van der Waals surface area contributed by atoms with Gasteiger partial charge in [0.15, 0.2) is 5.65 Å². The first kappa shape index (κ1) is 13.1. The molecule has 0 aromatic carbocycles. The maximum Gasteiger partial charge on any atom is 0.349 e. The van der Waals surface area contributed by atoms with Crippen LogP contribution >= 0.6 is 0 Å². The van der Waals surface area contributed by atoms with Gasteiger partial charge in [-0.3, -0.25) is 0 Å². The third-order valence-electron chi connectivity index (χ3n) is 3.97. The van der Waals surface area contributed by atoms with Crippen molar-refractivity contribution in [2.24, 2.45) is 5.41 Å². The summed E-state index contributed by atoms with van der Waals surface area (Å²) in [4.78, 5) is 15.9. The molecule has 20 heavy (non-hydrogen) atoms. The number of aryl methyl sites for hydroxylation is 1. The predicted octanol–water partition coefficient (Wildman–Crippen LogP) is 0.955. The van der Waals surface area contributed by atoms with Crippen molar-refractivity contribution in [1.82, 2.24) is 19.6 Å². The van der Waals surface area contributed by atoms with E-state index in [1.165, 1.54) is 4.40 Å². The zero-order valence-electron chi connectivity index (χ0n) is 11.8. The molecule has 1 fully saturated rings. The topological polar surface area (TPSA) is 84.3 Å². The van der Waals surface area contributed by atoms with Crippen LogP contribution in [0.2, 0.25) is 0 Å². The lowest BCUT2D eigenvalue weighted by atomic mass is 9.82. The monoisotopic (exact) mass is 277 g/mol. The highest BCUT2D eigenvalue weighted by Crippen LogP contribution is 2.29. The number of fused-ring (bicyclic) bond motifs is 1. The van der Waals surface area contributed by atoms with Gasteiger partial charge < -0.3 is 10.1 Å². The molecule has 0 radical (unpaired) electrons. The van der Waals surface area contributed by atoms with E-state index in [2.05, 4.69) is 27.4 Å². The number of ether oxygens (including phenoxy) is 1. The molecule has 1 aliphatic rings. The summed E-state index contributed by atoms with van der Waals surface area (Å²) in [7, 11) is 0. The van der Waals surface area contributed by atoms with Gasteiger partial charge in [-0.1, -0.05) is 6.92 Å². The number of aromatic nitrogens is 4. The van der Waals surface area contributed by atoms with Crippen molar-refractivity contribution < 1.29 is 4.74 Å². The van der Waals surface area contributed by atoms with Crippen LogP contribution in [0.1, 0.15) is 25.6 Å². The summed E-state index contributed by atoms with van der Waals surface area (Å²) in [6, 6.07) is 1.79. The molecule has 3 rings (SSSR count). The minimum absolute atomic E-state index is 0.227. The first-order valence-electron chi connectivity index (χ1n) is 6.84. The van der Waals surface area contributed by atoms with E-state index in [0.717, 1.165) is 38.4 Å². The Morgan fingerprint density at radius 3 is 3.00 bits per heavy atom. The van der Waals surface area contributed by atoms with E-state index in [1.807, 2.05) is 0 Å². The minimum atomic E-state index is -0.257. The van der Waals surface area contributed by atoms with Crippen molar-refractivity contribution in [1.29, 1.82) is 0 Å². The second-order valence-corrected chi connectivity index (χ2v) is 5.69. The second kappa shape index (κ2) is 4.90. The number of nitrogens with one attached hydrogen (secondary N) is 2. The highest BCUT2D eigenvalue weighted by Gasteiger charge is 2.27. The van der Waals surface area contributed by atoms with Crippen molar-refractivity contribution >= 4 is 11.5 Å². The Labute approximate surface area is 116 Å². The lowest BCUT2D eigenvalue weighted by molar-refractivity contribution is 0.0300. The molecule has 0 amide bonds. The largest absolute Gasteiger partial charge is 0.381 e. The molecule has 7 nitrogen and oxygen atoms in total. The Morgan fingerprint density at radius 1 is 1.50 bits per heavy atom. The molecule has 0 saturated carbocycles. The van der Waals surface area contributed by atoms with E-state index in [9.17, 15) is 4.79 Å². The summed E-state index contributed by atoms with van der Waals surface area (Å²) in [6.45, 7) is 6.53. The van der Waals surface area contributed by atoms with Crippen LogP contribution in [0.15, 0.2) is 10.9 Å². The molecule has 2 N–H and O–H groups in total. The van der Waals surface area contributed by atoms with E-state index in [4.69, 9.17) is 4.74 Å². The molecule has 2 aromatic heterocycles. The van der Waals surface area contributed by atoms with Gasteiger partial charge in [-0.2, -0.15) is 5.10 Å². The SMILES string of the molecule is Cc1nc(NCC2(C)CCOCC2)cc2n[nH]c(=O)n12. The average Bonchev–Trinajstić information content (AvgIpc) is 2.80. The normalized spacial score (nSPS) is 18.3. The van der Waals surface area contributed by atoms with Gasteiger partial charge >= 0.3 is 5.69 Å². The lowest BCUT2D eigenvalue weighted by Gasteiger charge is -2.33. The number of hydrogen-bond donors (Lipinski definition) is 2. The van der Waals surface area contributed by atoms with Crippen molar-refractivity contribution in [3.05, 3.63) is 22.4 Å². The summed E-state index contributed by atoms with van der Waals surface area (Å²) >= 11 is 0. The van der Waals surface area contributed by atoms with Crippen molar-refractivity contribution in [3.63, 3.8) is 0 Å². The molecule has 3 heterocycles. The number of anilines is 1. The number of nitrogens with zero attached hydrogens (tertiary/aromatic N) is 3. The van der Waals surface area contributed by atoms with Crippen LogP contribution in [0, 0.1) is 12.3 Å². The van der Waals surface area contributed by atoms with Crippen LogP contribution < -0.4 is 11.0 Å². The van der Waals surface area contributed by atoms with Crippen LogP contribution in [0.5, 0.6) is 0 Å². The summed E-state index contributed by atoms with van der Waals surface area (Å²) in [6.07, 6.45) is 2.09. The van der Waals surface area contributed by atoms with Crippen LogP contribution in [0.3, 0.4) is 0 Å². The van der Waals surface area contributed by atoms with Gasteiger partial charge in [-0.15, -0.1) is 0 Å². The van der Waals surface area contributed by atoms with E-state index >= 15 is 0 Å². The van der Waals surface area contributed by atoms with Crippen LogP contribution in [0.25, 0.3) is 5.65 Å². The maximum absolute atomic E-state index is 11.5. The van der Waals surface area contributed by atoms with Crippen LogP contribution in [-0.4, -0.2) is 39.3 Å². The number of aromatic amines is 1. The Balaban J connectivity index is 1.79. The van der Waals surface area contributed by atoms with Crippen LogP contribution in [0.4, 0.5) is 5.82 Å². The Morgan fingerprint density at radius 2 is 2.25 bits per heavy atom. The van der Waals surface area contributed by atoms with Gasteiger partial charge in [0.05, 0.1) is 0 Å². The third kappa shape index (κ3) is 2.40. The fourth-order valence-electron chi connectivity index (χ4n) is 2.53. The highest BCUT2D eigenvalue weighted by atomic mass is 16.5. The Kier molecular flexibility index (Phi) is 3.21. The predicted molar refractivity (Wildman–Crippen MR) is 75.0 cm³/mol. The van der Waals surface area contributed by atoms with Gasteiger partial charge in [0.25, 0.3) is 0 Å². The summed E-state index contributed by atoms with van der Waals surface area (Å²) in [5, 5.41) is 9.77. The highest BCUT2D eigenvalue weighted by molar-refractivity contribution is 5.49. The molecule has 0 atom stereocenters. The van der Waals surface area contributed by atoms with E-state index in [-0.39, 0.29) is 11.1 Å². The summed E-state index contributed by atoms with van der Waals surface area (Å²) in [5.74, 6) is 1.38. The molecule has 1 saturated heterocycles. The first-order valence-corrected chi connectivity index (χ1v) is 6.84. The summed E-state index contributed by atoms with van der Waals surface area (Å²) in [5.41, 5.74) is 0.556.